The summed E-state index contributed by atoms with van der Waals surface area (Å²) in [5.74, 6) is 0.815. The summed E-state index contributed by atoms with van der Waals surface area (Å²) >= 11 is 1.92. The molecule has 1 saturated heterocycles. The largest absolute Gasteiger partial charge is 0.508 e. The Morgan fingerprint density at radius 1 is 1.05 bits per heavy atom. The molecule has 37 heavy (non-hydrogen) atoms. The molecule has 204 valence electrons. The number of carbonyl (C=O) groups is 1. The van der Waals surface area contributed by atoms with Crippen molar-refractivity contribution >= 4 is 17.8 Å². The zero-order valence-corrected chi connectivity index (χ0v) is 22.8. The molecule has 0 unspecified atom stereocenters. The summed E-state index contributed by atoms with van der Waals surface area (Å²) in [4.78, 5) is 15.6. The van der Waals surface area contributed by atoms with E-state index in [2.05, 4.69) is 41.8 Å². The summed E-state index contributed by atoms with van der Waals surface area (Å²) in [5.41, 5.74) is 1.26. The number of carbonyl (C=O) groups excluding carboxylic acids is 1. The molecule has 0 aliphatic carbocycles. The molecule has 2 aromatic rings. The Bertz CT molecular complexity index is 902. The average Bonchev–Trinajstić information content (AvgIpc) is 2.92. The second-order valence-electron chi connectivity index (χ2n) is 9.65. The lowest BCUT2D eigenvalue weighted by Gasteiger charge is -2.31. The van der Waals surface area contributed by atoms with Crippen LogP contribution in [0.15, 0.2) is 53.4 Å². The van der Waals surface area contributed by atoms with Crippen molar-refractivity contribution in [2.24, 2.45) is 0 Å². The van der Waals surface area contributed by atoms with Gasteiger partial charge >= 0.3 is 6.03 Å². The molecule has 1 fully saturated rings. The van der Waals surface area contributed by atoms with Gasteiger partial charge in [0.25, 0.3) is 0 Å². The fourth-order valence-corrected chi connectivity index (χ4v) is 5.38. The summed E-state index contributed by atoms with van der Waals surface area (Å²) in [6.07, 6.45) is 7.05. The van der Waals surface area contributed by atoms with Crippen LogP contribution in [0.25, 0.3) is 0 Å². The second kappa shape index (κ2) is 16.4. The Morgan fingerprint density at radius 3 is 2.49 bits per heavy atom. The third-order valence-corrected chi connectivity index (χ3v) is 7.86. The Labute approximate surface area is 226 Å². The summed E-state index contributed by atoms with van der Waals surface area (Å²) in [6.45, 7) is 6.08. The van der Waals surface area contributed by atoms with Crippen molar-refractivity contribution in [2.75, 3.05) is 39.3 Å². The van der Waals surface area contributed by atoms with Gasteiger partial charge in [0.15, 0.2) is 0 Å². The first-order chi connectivity index (χ1) is 18.0. The normalized spacial score (nSPS) is 14.9. The molecule has 0 spiro atoms. The number of unbranched alkanes of at least 4 members (excludes halogenated alkanes) is 3. The number of amides is 2. The van der Waals surface area contributed by atoms with Crippen LogP contribution in [0.1, 0.15) is 51.0 Å². The number of thioether (sulfide) groups is 1. The minimum absolute atomic E-state index is 0.0929. The van der Waals surface area contributed by atoms with Gasteiger partial charge in [0, 0.05) is 36.3 Å². The van der Waals surface area contributed by atoms with Gasteiger partial charge in [0.05, 0.1) is 0 Å². The van der Waals surface area contributed by atoms with Crippen LogP contribution in [0, 0.1) is 0 Å². The maximum Gasteiger partial charge on any atom is 0.317 e. The van der Waals surface area contributed by atoms with E-state index >= 15 is 0 Å². The highest BCUT2D eigenvalue weighted by Crippen LogP contribution is 2.30. The Morgan fingerprint density at radius 2 is 1.78 bits per heavy atom. The number of likely N-dealkylation sites (tertiary alicyclic amines) is 1. The number of aliphatic hydroxyl groups is 1. The van der Waals surface area contributed by atoms with Gasteiger partial charge in [-0.2, -0.15) is 0 Å². The first kappa shape index (κ1) is 29.1. The number of hydrogen-bond acceptors (Lipinski definition) is 6. The molecule has 0 radical (unpaired) electrons. The predicted molar refractivity (Wildman–Crippen MR) is 151 cm³/mol. The van der Waals surface area contributed by atoms with Gasteiger partial charge < -0.3 is 30.5 Å². The summed E-state index contributed by atoms with van der Waals surface area (Å²) in [5, 5.41) is 26.3. The zero-order valence-electron chi connectivity index (χ0n) is 22.0. The Hall–Kier alpha value is -2.42. The third-order valence-electron chi connectivity index (χ3n) is 6.51. The SMILES string of the molecule is CCCCCCNC(=O)N1CCC(Sc2ccc(CCNC[C@H](O)COc3ccc(O)cc3)cc2)CC1. The molecule has 1 aliphatic rings. The molecule has 1 heterocycles. The number of urea groups is 1. The highest BCUT2D eigenvalue weighted by Gasteiger charge is 2.23. The maximum absolute atomic E-state index is 12.4. The smallest absolute Gasteiger partial charge is 0.317 e. The third kappa shape index (κ3) is 11.2. The van der Waals surface area contributed by atoms with Crippen molar-refractivity contribution in [3.05, 3.63) is 54.1 Å². The van der Waals surface area contributed by atoms with Crippen LogP contribution in [0.5, 0.6) is 11.5 Å². The molecule has 7 nitrogen and oxygen atoms in total. The minimum Gasteiger partial charge on any atom is -0.508 e. The quantitative estimate of drug-likeness (QED) is 0.248. The second-order valence-corrected chi connectivity index (χ2v) is 11.0. The summed E-state index contributed by atoms with van der Waals surface area (Å²) < 4.78 is 5.53. The van der Waals surface area contributed by atoms with Crippen LogP contribution < -0.4 is 15.4 Å². The maximum atomic E-state index is 12.4. The number of ether oxygens (including phenoxy) is 1. The molecule has 1 atom stereocenters. The number of rotatable bonds is 15. The molecule has 0 aromatic heterocycles. The minimum atomic E-state index is -0.601. The standard InChI is InChI=1S/C29H43N3O4S/c1-2-3-4-5-17-31-29(35)32-19-15-28(16-20-32)37-27-12-6-23(7-13-27)14-18-30-21-25(34)22-36-26-10-8-24(33)9-11-26/h6-13,25,28,30,33-34H,2-5,14-22H2,1H3,(H,31,35)/t25-/m0/s1. The van der Waals surface area contributed by atoms with E-state index < -0.39 is 6.10 Å². The number of phenols is 1. The van der Waals surface area contributed by atoms with Crippen molar-refractivity contribution in [3.63, 3.8) is 0 Å². The van der Waals surface area contributed by atoms with Crippen LogP contribution in [0.3, 0.4) is 0 Å². The number of hydrogen-bond donors (Lipinski definition) is 4. The van der Waals surface area contributed by atoms with Crippen molar-refractivity contribution < 1.29 is 19.7 Å². The van der Waals surface area contributed by atoms with Gasteiger partial charge in [-0.3, -0.25) is 0 Å². The highest BCUT2D eigenvalue weighted by atomic mass is 32.2. The Kier molecular flexibility index (Phi) is 12.9. The van der Waals surface area contributed by atoms with Gasteiger partial charge in [-0.1, -0.05) is 38.3 Å². The summed E-state index contributed by atoms with van der Waals surface area (Å²) in [7, 11) is 0. The van der Waals surface area contributed by atoms with Gasteiger partial charge in [-0.25, -0.2) is 4.79 Å². The number of nitrogens with one attached hydrogen (secondary N) is 2. The Balaban J connectivity index is 1.25. The summed E-state index contributed by atoms with van der Waals surface area (Å²) in [6, 6.07) is 15.3. The molecular weight excluding hydrogens is 486 g/mol. The van der Waals surface area contributed by atoms with E-state index in [-0.39, 0.29) is 18.4 Å². The molecule has 2 aromatic carbocycles. The van der Waals surface area contributed by atoms with Gasteiger partial charge in [0.1, 0.15) is 24.2 Å². The van der Waals surface area contributed by atoms with E-state index in [1.54, 1.807) is 24.3 Å². The fraction of sp³-hybridized carbons (Fsp3) is 0.552. The van der Waals surface area contributed by atoms with E-state index in [0.29, 0.717) is 17.5 Å². The number of phenolic OH excluding ortho intramolecular Hbond substituents is 1. The lowest BCUT2D eigenvalue weighted by molar-refractivity contribution is 0.106. The number of aromatic hydroxyl groups is 1. The highest BCUT2D eigenvalue weighted by molar-refractivity contribution is 8.00. The molecule has 1 aliphatic heterocycles. The number of benzene rings is 2. The molecule has 4 N–H and O–H groups in total. The lowest BCUT2D eigenvalue weighted by atomic mass is 10.1. The zero-order chi connectivity index (χ0) is 26.3. The molecule has 0 bridgehead atoms. The molecule has 2 amide bonds. The van der Waals surface area contributed by atoms with E-state index in [4.69, 9.17) is 4.74 Å². The van der Waals surface area contributed by atoms with Crippen molar-refractivity contribution in [1.82, 2.24) is 15.5 Å². The first-order valence-corrected chi connectivity index (χ1v) is 14.5. The van der Waals surface area contributed by atoms with Crippen LogP contribution >= 0.6 is 11.8 Å². The van der Waals surface area contributed by atoms with Gasteiger partial charge in [-0.15, -0.1) is 11.8 Å². The monoisotopic (exact) mass is 529 g/mol. The van der Waals surface area contributed by atoms with Crippen molar-refractivity contribution in [2.45, 2.75) is 68.1 Å². The van der Waals surface area contributed by atoms with Crippen LogP contribution in [0.2, 0.25) is 0 Å². The van der Waals surface area contributed by atoms with Gasteiger partial charge in [0.2, 0.25) is 0 Å². The van der Waals surface area contributed by atoms with Crippen LogP contribution in [0.4, 0.5) is 4.79 Å². The first-order valence-electron chi connectivity index (χ1n) is 13.6. The van der Waals surface area contributed by atoms with Crippen molar-refractivity contribution in [3.8, 4) is 11.5 Å². The lowest BCUT2D eigenvalue weighted by Crippen LogP contribution is -2.45. The number of nitrogens with zero attached hydrogens (tertiary/aromatic N) is 1. The number of piperidine rings is 1. The van der Waals surface area contributed by atoms with E-state index in [9.17, 15) is 15.0 Å². The van der Waals surface area contributed by atoms with Crippen LogP contribution in [-0.2, 0) is 6.42 Å². The topological polar surface area (TPSA) is 94.1 Å². The molecular formula is C29H43N3O4S. The predicted octanol–water partition coefficient (Wildman–Crippen LogP) is 4.81. The van der Waals surface area contributed by atoms with E-state index in [1.807, 2.05) is 16.7 Å². The molecule has 8 heteroatoms. The van der Waals surface area contributed by atoms with E-state index in [0.717, 1.165) is 51.9 Å². The molecule has 0 saturated carbocycles. The van der Waals surface area contributed by atoms with E-state index in [1.165, 1.54) is 29.7 Å². The molecule has 3 rings (SSSR count). The average molecular weight is 530 g/mol. The van der Waals surface area contributed by atoms with Gasteiger partial charge in [-0.05, 0) is 74.2 Å². The van der Waals surface area contributed by atoms with Crippen molar-refractivity contribution in [1.29, 1.82) is 0 Å². The number of aliphatic hydroxyl groups excluding tert-OH is 1. The van der Waals surface area contributed by atoms with Crippen LogP contribution in [-0.4, -0.2) is 71.8 Å². The fourth-order valence-electron chi connectivity index (χ4n) is 4.26.